The van der Waals surface area contributed by atoms with Gasteiger partial charge in [0.25, 0.3) is 5.56 Å². The van der Waals surface area contributed by atoms with Crippen molar-refractivity contribution in [1.29, 1.82) is 0 Å². The van der Waals surface area contributed by atoms with E-state index in [1.54, 1.807) is 0 Å². The lowest BCUT2D eigenvalue weighted by Gasteiger charge is -2.18. The lowest BCUT2D eigenvalue weighted by Crippen LogP contribution is -2.26. The van der Waals surface area contributed by atoms with Crippen molar-refractivity contribution in [3.05, 3.63) is 76.7 Å². The summed E-state index contributed by atoms with van der Waals surface area (Å²) in [6, 6.07) is 10.4. The number of anilines is 2. The van der Waals surface area contributed by atoms with Gasteiger partial charge in [-0.25, -0.2) is 15.0 Å². The first kappa shape index (κ1) is 26.0. The SMILES string of the molecule is CN1CCC(c2ncc(-c3cc4cnc(Nc5ccc(C6=CCNCC6)cc5)nc4n(C4CCCC4)c3=O)cn2)C1. The van der Waals surface area contributed by atoms with E-state index < -0.39 is 0 Å². The molecule has 9 heteroatoms. The molecule has 3 aliphatic rings. The molecular formula is C32H36N8O. The average Bonchev–Trinajstić information content (AvgIpc) is 3.70. The minimum atomic E-state index is -0.0365. The van der Waals surface area contributed by atoms with Crippen molar-refractivity contribution in [2.24, 2.45) is 0 Å². The molecule has 1 aliphatic carbocycles. The minimum absolute atomic E-state index is 0.0365. The summed E-state index contributed by atoms with van der Waals surface area (Å²) in [4.78, 5) is 35.2. The summed E-state index contributed by atoms with van der Waals surface area (Å²) in [6.07, 6.45) is 14.0. The van der Waals surface area contributed by atoms with Gasteiger partial charge in [-0.05, 0) is 75.2 Å². The van der Waals surface area contributed by atoms with Gasteiger partial charge in [0.05, 0.1) is 5.56 Å². The van der Waals surface area contributed by atoms with E-state index in [0.717, 1.165) is 87.2 Å². The molecule has 0 spiro atoms. The zero-order valence-electron chi connectivity index (χ0n) is 23.5. The summed E-state index contributed by atoms with van der Waals surface area (Å²) in [6.45, 7) is 3.96. The maximum Gasteiger partial charge on any atom is 0.260 e. The van der Waals surface area contributed by atoms with Crippen molar-refractivity contribution in [2.45, 2.75) is 50.5 Å². The van der Waals surface area contributed by atoms with E-state index >= 15 is 0 Å². The van der Waals surface area contributed by atoms with Crippen LogP contribution in [0.5, 0.6) is 0 Å². The van der Waals surface area contributed by atoms with Crippen molar-refractivity contribution in [3.63, 3.8) is 0 Å². The second kappa shape index (κ2) is 11.1. The van der Waals surface area contributed by atoms with Gasteiger partial charge in [-0.2, -0.15) is 4.98 Å². The van der Waals surface area contributed by atoms with E-state index in [9.17, 15) is 4.79 Å². The van der Waals surface area contributed by atoms with E-state index in [4.69, 9.17) is 4.98 Å². The summed E-state index contributed by atoms with van der Waals surface area (Å²) >= 11 is 0. The number of hydrogen-bond acceptors (Lipinski definition) is 8. The van der Waals surface area contributed by atoms with Crippen LogP contribution in [-0.4, -0.2) is 62.6 Å². The Morgan fingerprint density at radius 1 is 0.976 bits per heavy atom. The van der Waals surface area contributed by atoms with E-state index in [-0.39, 0.29) is 11.6 Å². The van der Waals surface area contributed by atoms with Crippen molar-refractivity contribution in [2.75, 3.05) is 38.5 Å². The number of benzene rings is 1. The molecule has 7 rings (SSSR count). The zero-order chi connectivity index (χ0) is 27.8. The molecule has 5 heterocycles. The third-order valence-corrected chi connectivity index (χ3v) is 8.78. The van der Waals surface area contributed by atoms with Crippen LogP contribution in [0.4, 0.5) is 11.6 Å². The third-order valence-electron chi connectivity index (χ3n) is 8.78. The third kappa shape index (κ3) is 5.27. The largest absolute Gasteiger partial charge is 0.324 e. The number of nitrogens with one attached hydrogen (secondary N) is 2. The first-order valence-electron chi connectivity index (χ1n) is 14.8. The molecule has 1 saturated heterocycles. The number of likely N-dealkylation sites (N-methyl/N-ethyl adjacent to an activating group) is 1. The molecule has 0 bridgehead atoms. The Bertz CT molecular complexity index is 1640. The number of hydrogen-bond donors (Lipinski definition) is 2. The van der Waals surface area contributed by atoms with Gasteiger partial charge in [-0.1, -0.05) is 31.1 Å². The standard InChI is InChI=1S/C32H36N8O/c1-39-15-12-23(20-39)29-34-18-25(19-35-29)28-16-24-17-36-32(38-30(24)40(31(28)41)27-4-2-3-5-27)37-26-8-6-21(7-9-26)22-10-13-33-14-11-22/h6-10,16-19,23,27,33H,2-5,11-15,20H2,1H3,(H,36,37,38). The number of pyridine rings is 1. The maximum absolute atomic E-state index is 14.0. The van der Waals surface area contributed by atoms with Crippen molar-refractivity contribution >= 4 is 28.2 Å². The number of rotatable bonds is 6. The summed E-state index contributed by atoms with van der Waals surface area (Å²) < 4.78 is 1.90. The number of aromatic nitrogens is 5. The smallest absolute Gasteiger partial charge is 0.260 e. The molecule has 1 unspecified atom stereocenters. The summed E-state index contributed by atoms with van der Waals surface area (Å²) in [5.41, 5.74) is 5.51. The maximum atomic E-state index is 14.0. The van der Waals surface area contributed by atoms with Gasteiger partial charge in [0.1, 0.15) is 11.5 Å². The first-order chi connectivity index (χ1) is 20.1. The van der Waals surface area contributed by atoms with Crippen LogP contribution in [0.25, 0.3) is 27.7 Å². The molecule has 2 aliphatic heterocycles. The highest BCUT2D eigenvalue weighted by Gasteiger charge is 2.25. The van der Waals surface area contributed by atoms with Gasteiger partial charge >= 0.3 is 0 Å². The molecule has 1 aromatic carbocycles. The average molecular weight is 549 g/mol. The van der Waals surface area contributed by atoms with E-state index in [2.05, 4.69) is 67.9 Å². The summed E-state index contributed by atoms with van der Waals surface area (Å²) in [5, 5.41) is 7.55. The number of fused-ring (bicyclic) bond motifs is 1. The van der Waals surface area contributed by atoms with Crippen molar-refractivity contribution in [1.82, 2.24) is 34.7 Å². The number of likely N-dealkylation sites (tertiary alicyclic amines) is 1. The van der Waals surface area contributed by atoms with E-state index in [1.165, 1.54) is 11.1 Å². The molecule has 0 radical (unpaired) electrons. The molecule has 2 N–H and O–H groups in total. The quantitative estimate of drug-likeness (QED) is 0.351. The highest BCUT2D eigenvalue weighted by molar-refractivity contribution is 5.82. The van der Waals surface area contributed by atoms with Crippen LogP contribution in [0.2, 0.25) is 0 Å². The second-order valence-corrected chi connectivity index (χ2v) is 11.6. The monoisotopic (exact) mass is 548 g/mol. The Kier molecular flexibility index (Phi) is 7.06. The molecule has 3 aromatic heterocycles. The lowest BCUT2D eigenvalue weighted by molar-refractivity contribution is 0.409. The molecule has 2 fully saturated rings. The Morgan fingerprint density at radius 2 is 1.78 bits per heavy atom. The predicted molar refractivity (Wildman–Crippen MR) is 162 cm³/mol. The molecule has 4 aromatic rings. The highest BCUT2D eigenvalue weighted by Crippen LogP contribution is 2.32. The number of nitrogens with zero attached hydrogens (tertiary/aromatic N) is 6. The van der Waals surface area contributed by atoms with Gasteiger partial charge < -0.3 is 15.5 Å². The van der Waals surface area contributed by atoms with Gasteiger partial charge in [-0.3, -0.25) is 9.36 Å². The Labute approximate surface area is 239 Å². The van der Waals surface area contributed by atoms with Crippen LogP contribution in [-0.2, 0) is 0 Å². The fraction of sp³-hybridized carbons (Fsp3) is 0.406. The fourth-order valence-corrected chi connectivity index (χ4v) is 6.50. The Morgan fingerprint density at radius 3 is 2.49 bits per heavy atom. The summed E-state index contributed by atoms with van der Waals surface area (Å²) in [5.74, 6) is 1.69. The Hall–Kier alpha value is -3.95. The lowest BCUT2D eigenvalue weighted by atomic mass is 10.0. The molecule has 41 heavy (non-hydrogen) atoms. The molecular weight excluding hydrogens is 512 g/mol. The molecule has 0 amide bonds. The normalized spacial score (nSPS) is 20.0. The molecule has 9 nitrogen and oxygen atoms in total. The van der Waals surface area contributed by atoms with Crippen molar-refractivity contribution < 1.29 is 0 Å². The van der Waals surface area contributed by atoms with Crippen LogP contribution < -0.4 is 16.2 Å². The van der Waals surface area contributed by atoms with E-state index in [0.29, 0.717) is 23.1 Å². The van der Waals surface area contributed by atoms with Crippen LogP contribution in [0.3, 0.4) is 0 Å². The van der Waals surface area contributed by atoms with Crippen LogP contribution in [0.15, 0.2) is 59.8 Å². The highest BCUT2D eigenvalue weighted by atomic mass is 16.1. The van der Waals surface area contributed by atoms with Crippen LogP contribution in [0.1, 0.15) is 61.9 Å². The first-order valence-corrected chi connectivity index (χ1v) is 14.8. The van der Waals surface area contributed by atoms with Gasteiger partial charge in [0.2, 0.25) is 5.95 Å². The fourth-order valence-electron chi connectivity index (χ4n) is 6.50. The Balaban J connectivity index is 1.21. The molecule has 1 saturated carbocycles. The second-order valence-electron chi connectivity index (χ2n) is 11.6. The molecule has 210 valence electrons. The topological polar surface area (TPSA) is 101 Å². The van der Waals surface area contributed by atoms with Crippen molar-refractivity contribution in [3.8, 4) is 11.1 Å². The molecule has 1 atom stereocenters. The summed E-state index contributed by atoms with van der Waals surface area (Å²) in [7, 11) is 2.13. The zero-order valence-corrected chi connectivity index (χ0v) is 23.5. The van der Waals surface area contributed by atoms with Gasteiger partial charge in [-0.15, -0.1) is 0 Å². The van der Waals surface area contributed by atoms with Crippen LogP contribution in [0, 0.1) is 0 Å². The predicted octanol–water partition coefficient (Wildman–Crippen LogP) is 4.90. The van der Waals surface area contributed by atoms with Gasteiger partial charge in [0, 0.05) is 60.3 Å². The van der Waals surface area contributed by atoms with E-state index in [1.807, 2.05) is 29.2 Å². The minimum Gasteiger partial charge on any atom is -0.324 e. The van der Waals surface area contributed by atoms with Gasteiger partial charge in [0.15, 0.2) is 0 Å². The van der Waals surface area contributed by atoms with Crippen LogP contribution >= 0.6 is 0 Å².